The monoisotopic (exact) mass is 388 g/mol. The van der Waals surface area contributed by atoms with Gasteiger partial charge < -0.3 is 15.3 Å². The van der Waals surface area contributed by atoms with E-state index in [4.69, 9.17) is 0 Å². The van der Waals surface area contributed by atoms with Gasteiger partial charge in [0, 0.05) is 24.7 Å². The molecule has 0 saturated carbocycles. The predicted molar refractivity (Wildman–Crippen MR) is 96.2 cm³/mol. The summed E-state index contributed by atoms with van der Waals surface area (Å²) in [5.74, 6) is -4.16. The Morgan fingerprint density at radius 3 is 2.21 bits per heavy atom. The number of nitrogens with one attached hydrogen (secondary N) is 1. The summed E-state index contributed by atoms with van der Waals surface area (Å²) in [6.45, 7) is 0.673. The Kier molecular flexibility index (Phi) is 5.67. The molecular formula is C20H18F2N2O4. The van der Waals surface area contributed by atoms with E-state index in [1.165, 1.54) is 23.1 Å². The Morgan fingerprint density at radius 2 is 1.61 bits per heavy atom. The number of aromatic carboxylic acids is 1. The first-order valence-electron chi connectivity index (χ1n) is 8.74. The lowest BCUT2D eigenvalue weighted by atomic mass is 10.0. The van der Waals surface area contributed by atoms with Crippen molar-refractivity contribution < 1.29 is 28.3 Å². The average Bonchev–Trinajstić information content (AvgIpc) is 2.70. The number of benzene rings is 2. The molecule has 0 spiro atoms. The van der Waals surface area contributed by atoms with Gasteiger partial charge in [-0.15, -0.1) is 0 Å². The number of hydrogen-bond donors (Lipinski definition) is 2. The van der Waals surface area contributed by atoms with Crippen LogP contribution in [-0.2, 0) is 0 Å². The summed E-state index contributed by atoms with van der Waals surface area (Å²) in [7, 11) is 0. The molecule has 1 heterocycles. The highest BCUT2D eigenvalue weighted by molar-refractivity contribution is 6.04. The second-order valence-electron chi connectivity index (χ2n) is 6.52. The third kappa shape index (κ3) is 4.16. The number of hydrogen-bond acceptors (Lipinski definition) is 3. The summed E-state index contributed by atoms with van der Waals surface area (Å²) in [4.78, 5) is 37.6. The standard InChI is InChI=1S/C20H18F2N2O4/c21-16-6-5-12(11-17(16)22)19(26)24-9-7-13(8-10-24)23-18(25)14-3-1-2-4-15(14)20(27)28/h1-6,11,13H,7-10H2,(H,23,25)(H,27,28). The molecule has 2 aromatic carbocycles. The molecule has 3 rings (SSSR count). The van der Waals surface area contributed by atoms with Crippen LogP contribution in [0.4, 0.5) is 8.78 Å². The zero-order valence-electron chi connectivity index (χ0n) is 14.8. The molecule has 1 saturated heterocycles. The maximum atomic E-state index is 13.3. The number of carboxylic acid groups (broad SMARTS) is 1. The molecule has 1 aliphatic rings. The molecule has 8 heteroatoms. The fourth-order valence-electron chi connectivity index (χ4n) is 3.17. The first kappa shape index (κ1) is 19.5. The Labute approximate surface area is 159 Å². The molecule has 0 atom stereocenters. The van der Waals surface area contributed by atoms with Crippen molar-refractivity contribution in [3.05, 3.63) is 70.8 Å². The summed E-state index contributed by atoms with van der Waals surface area (Å²) < 4.78 is 26.3. The van der Waals surface area contributed by atoms with Gasteiger partial charge >= 0.3 is 5.97 Å². The fourth-order valence-corrected chi connectivity index (χ4v) is 3.17. The number of likely N-dealkylation sites (tertiary alicyclic amines) is 1. The Bertz CT molecular complexity index is 924. The van der Waals surface area contributed by atoms with E-state index in [1.807, 2.05) is 0 Å². The molecule has 0 unspecified atom stereocenters. The normalized spacial score (nSPS) is 14.6. The highest BCUT2D eigenvalue weighted by Gasteiger charge is 2.26. The highest BCUT2D eigenvalue weighted by Crippen LogP contribution is 2.17. The van der Waals surface area contributed by atoms with Crippen LogP contribution in [0.15, 0.2) is 42.5 Å². The van der Waals surface area contributed by atoms with Crippen molar-refractivity contribution in [1.29, 1.82) is 0 Å². The number of carbonyl (C=O) groups is 3. The van der Waals surface area contributed by atoms with E-state index in [-0.39, 0.29) is 22.7 Å². The van der Waals surface area contributed by atoms with Gasteiger partial charge in [-0.05, 0) is 43.2 Å². The lowest BCUT2D eigenvalue weighted by Gasteiger charge is -2.32. The van der Waals surface area contributed by atoms with Gasteiger partial charge in [-0.25, -0.2) is 13.6 Å². The van der Waals surface area contributed by atoms with Crippen LogP contribution in [0.25, 0.3) is 0 Å². The number of halogens is 2. The summed E-state index contributed by atoms with van der Waals surface area (Å²) in [6, 6.07) is 8.73. The van der Waals surface area contributed by atoms with Gasteiger partial charge in [0.05, 0.1) is 11.1 Å². The molecule has 2 amide bonds. The SMILES string of the molecule is O=C(O)c1ccccc1C(=O)NC1CCN(C(=O)c2ccc(F)c(F)c2)CC1. The zero-order valence-corrected chi connectivity index (χ0v) is 14.8. The number of carboxylic acids is 1. The van der Waals surface area contributed by atoms with E-state index in [2.05, 4.69) is 5.32 Å². The Balaban J connectivity index is 1.60. The van der Waals surface area contributed by atoms with Crippen LogP contribution in [0.2, 0.25) is 0 Å². The van der Waals surface area contributed by atoms with E-state index in [9.17, 15) is 28.3 Å². The molecule has 1 aliphatic heterocycles. The summed E-state index contributed by atoms with van der Waals surface area (Å²) >= 11 is 0. The third-order valence-electron chi connectivity index (χ3n) is 4.69. The minimum atomic E-state index is -1.18. The first-order chi connectivity index (χ1) is 13.4. The Morgan fingerprint density at radius 1 is 0.964 bits per heavy atom. The molecule has 146 valence electrons. The molecule has 0 aliphatic carbocycles. The van der Waals surface area contributed by atoms with Crippen LogP contribution in [0, 0.1) is 11.6 Å². The maximum absolute atomic E-state index is 13.3. The van der Waals surface area contributed by atoms with Crippen LogP contribution >= 0.6 is 0 Å². The molecule has 2 aromatic rings. The molecule has 2 N–H and O–H groups in total. The topological polar surface area (TPSA) is 86.7 Å². The summed E-state index contributed by atoms with van der Waals surface area (Å²) in [6.07, 6.45) is 0.937. The number of rotatable bonds is 4. The van der Waals surface area contributed by atoms with Crippen molar-refractivity contribution in [1.82, 2.24) is 10.2 Å². The van der Waals surface area contributed by atoms with Gasteiger partial charge in [-0.1, -0.05) is 12.1 Å². The van der Waals surface area contributed by atoms with Gasteiger partial charge in [0.15, 0.2) is 11.6 Å². The fraction of sp³-hybridized carbons (Fsp3) is 0.250. The molecule has 6 nitrogen and oxygen atoms in total. The second-order valence-corrected chi connectivity index (χ2v) is 6.52. The number of piperidine rings is 1. The minimum absolute atomic E-state index is 0.0665. The molecule has 0 aromatic heterocycles. The largest absolute Gasteiger partial charge is 0.478 e. The van der Waals surface area contributed by atoms with Crippen molar-refractivity contribution in [2.75, 3.05) is 13.1 Å². The van der Waals surface area contributed by atoms with Crippen molar-refractivity contribution in [2.45, 2.75) is 18.9 Å². The quantitative estimate of drug-likeness (QED) is 0.843. The van der Waals surface area contributed by atoms with Crippen LogP contribution in [0.5, 0.6) is 0 Å². The van der Waals surface area contributed by atoms with E-state index >= 15 is 0 Å². The summed E-state index contributed by atoms with van der Waals surface area (Å²) in [5.41, 5.74) is 0.0676. The molecule has 1 fully saturated rings. The lowest BCUT2D eigenvalue weighted by molar-refractivity contribution is 0.0675. The molecule has 0 bridgehead atoms. The van der Waals surface area contributed by atoms with Crippen LogP contribution in [0.1, 0.15) is 43.9 Å². The van der Waals surface area contributed by atoms with Crippen molar-refractivity contribution in [3.63, 3.8) is 0 Å². The van der Waals surface area contributed by atoms with E-state index in [1.54, 1.807) is 12.1 Å². The van der Waals surface area contributed by atoms with Gasteiger partial charge in [0.1, 0.15) is 0 Å². The minimum Gasteiger partial charge on any atom is -0.478 e. The molecular weight excluding hydrogens is 370 g/mol. The van der Waals surface area contributed by atoms with Crippen LogP contribution in [-0.4, -0.2) is 46.9 Å². The van der Waals surface area contributed by atoms with E-state index < -0.39 is 29.4 Å². The zero-order chi connectivity index (χ0) is 20.3. The van der Waals surface area contributed by atoms with Gasteiger partial charge in [0.25, 0.3) is 11.8 Å². The first-order valence-corrected chi connectivity index (χ1v) is 8.74. The second kappa shape index (κ2) is 8.16. The van der Waals surface area contributed by atoms with Crippen molar-refractivity contribution in [3.8, 4) is 0 Å². The van der Waals surface area contributed by atoms with Gasteiger partial charge in [-0.2, -0.15) is 0 Å². The van der Waals surface area contributed by atoms with Crippen molar-refractivity contribution in [2.24, 2.45) is 0 Å². The average molecular weight is 388 g/mol. The highest BCUT2D eigenvalue weighted by atomic mass is 19.2. The maximum Gasteiger partial charge on any atom is 0.336 e. The molecule has 28 heavy (non-hydrogen) atoms. The predicted octanol–water partition coefficient (Wildman–Crippen LogP) is 2.70. The summed E-state index contributed by atoms with van der Waals surface area (Å²) in [5, 5.41) is 12.0. The van der Waals surface area contributed by atoms with Gasteiger partial charge in [0.2, 0.25) is 0 Å². The van der Waals surface area contributed by atoms with Crippen molar-refractivity contribution >= 4 is 17.8 Å². The smallest absolute Gasteiger partial charge is 0.336 e. The number of amides is 2. The lowest BCUT2D eigenvalue weighted by Crippen LogP contribution is -2.46. The Hall–Kier alpha value is -3.29. The van der Waals surface area contributed by atoms with Crippen LogP contribution in [0.3, 0.4) is 0 Å². The van der Waals surface area contributed by atoms with Gasteiger partial charge in [-0.3, -0.25) is 9.59 Å². The number of nitrogens with zero attached hydrogens (tertiary/aromatic N) is 1. The molecule has 0 radical (unpaired) electrons. The van der Waals surface area contributed by atoms with Crippen LogP contribution < -0.4 is 5.32 Å². The number of carbonyl (C=O) groups excluding carboxylic acids is 2. The van der Waals surface area contributed by atoms with E-state index in [0.717, 1.165) is 12.1 Å². The van der Waals surface area contributed by atoms with E-state index in [0.29, 0.717) is 25.9 Å². The third-order valence-corrected chi connectivity index (χ3v) is 4.69.